The summed E-state index contributed by atoms with van der Waals surface area (Å²) in [6, 6.07) is 0. The topological polar surface area (TPSA) is 66.9 Å². The van der Waals surface area contributed by atoms with Crippen LogP contribution < -0.4 is 4.90 Å². The number of anilines is 1. The van der Waals surface area contributed by atoms with Crippen molar-refractivity contribution in [2.24, 2.45) is 0 Å². The molecule has 0 spiro atoms. The van der Waals surface area contributed by atoms with Gasteiger partial charge < -0.3 is 14.6 Å². The van der Waals surface area contributed by atoms with Gasteiger partial charge in [0.15, 0.2) is 11.5 Å². The van der Waals surface area contributed by atoms with Crippen molar-refractivity contribution in [3.8, 4) is 0 Å². The lowest BCUT2D eigenvalue weighted by Crippen LogP contribution is -2.40. The van der Waals surface area contributed by atoms with Gasteiger partial charge in [-0.05, 0) is 0 Å². The Morgan fingerprint density at radius 3 is 3.25 bits per heavy atom. The molecule has 7 heteroatoms. The molecule has 2 aromatic heterocycles. The molecule has 1 aliphatic rings. The first kappa shape index (κ1) is 9.80. The molecule has 1 unspecified atom stereocenters. The number of halogens is 1. The molecule has 3 rings (SSSR count). The molecule has 0 aromatic carbocycles. The van der Waals surface area contributed by atoms with Crippen LogP contribution in [0.15, 0.2) is 12.7 Å². The molecule has 84 valence electrons. The number of nitrogens with one attached hydrogen (secondary N) is 1. The van der Waals surface area contributed by atoms with Crippen molar-refractivity contribution in [1.29, 1.82) is 0 Å². The average Bonchev–Trinajstić information content (AvgIpc) is 2.76. The number of hydrogen-bond acceptors (Lipinski definition) is 5. The minimum Gasteiger partial charge on any atom is -0.359 e. The highest BCUT2D eigenvalue weighted by molar-refractivity contribution is 6.20. The fraction of sp³-hybridized carbons (Fsp3) is 0.444. The Labute approximate surface area is 96.6 Å². The van der Waals surface area contributed by atoms with Crippen LogP contribution >= 0.6 is 11.6 Å². The standard InChI is InChI=1S/C9H10ClN5O/c10-6-3-15(1-2-16-6)9-7-8(12-4-11-7)13-5-14-9/h4-6H,1-3H2,(H,11,12,13,14). The predicted molar refractivity (Wildman–Crippen MR) is 59.5 cm³/mol. The van der Waals surface area contributed by atoms with E-state index < -0.39 is 0 Å². The summed E-state index contributed by atoms with van der Waals surface area (Å²) in [6.45, 7) is 1.98. The van der Waals surface area contributed by atoms with Gasteiger partial charge in [0, 0.05) is 6.54 Å². The van der Waals surface area contributed by atoms with Gasteiger partial charge in [-0.1, -0.05) is 11.6 Å². The smallest absolute Gasteiger partial charge is 0.162 e. The lowest BCUT2D eigenvalue weighted by Gasteiger charge is -2.30. The van der Waals surface area contributed by atoms with Crippen LogP contribution in [0.5, 0.6) is 0 Å². The minimum absolute atomic E-state index is 0.294. The number of rotatable bonds is 1. The van der Waals surface area contributed by atoms with Crippen LogP contribution in [0.2, 0.25) is 0 Å². The third-order valence-electron chi connectivity index (χ3n) is 2.52. The van der Waals surface area contributed by atoms with Crippen LogP contribution in [0.1, 0.15) is 0 Å². The van der Waals surface area contributed by atoms with Crippen LogP contribution in [0.3, 0.4) is 0 Å². The summed E-state index contributed by atoms with van der Waals surface area (Å²) in [5.74, 6) is 0.806. The number of imidazole rings is 1. The summed E-state index contributed by atoms with van der Waals surface area (Å²) >= 11 is 5.95. The summed E-state index contributed by atoms with van der Waals surface area (Å²) in [5.41, 5.74) is 1.22. The number of aromatic amines is 1. The zero-order chi connectivity index (χ0) is 11.0. The van der Waals surface area contributed by atoms with E-state index in [0.29, 0.717) is 13.2 Å². The summed E-state index contributed by atoms with van der Waals surface area (Å²) in [4.78, 5) is 17.6. The molecule has 1 saturated heterocycles. The molecule has 0 amide bonds. The molecule has 1 atom stereocenters. The van der Waals surface area contributed by atoms with Crippen LogP contribution in [0, 0.1) is 0 Å². The number of H-pyrrole nitrogens is 1. The molecule has 2 aromatic rings. The molecular weight excluding hydrogens is 230 g/mol. The van der Waals surface area contributed by atoms with Gasteiger partial charge >= 0.3 is 0 Å². The quantitative estimate of drug-likeness (QED) is 0.744. The fourth-order valence-corrected chi connectivity index (χ4v) is 2.04. The van der Waals surface area contributed by atoms with Crippen LogP contribution in [-0.4, -0.2) is 45.2 Å². The number of morpholine rings is 1. The Kier molecular flexibility index (Phi) is 2.37. The molecule has 0 radical (unpaired) electrons. The summed E-state index contributed by atoms with van der Waals surface area (Å²) in [5, 5.41) is 0. The second-order valence-electron chi connectivity index (χ2n) is 3.52. The van der Waals surface area contributed by atoms with Crippen LogP contribution in [-0.2, 0) is 4.74 Å². The van der Waals surface area contributed by atoms with Gasteiger partial charge in [-0.25, -0.2) is 15.0 Å². The lowest BCUT2D eigenvalue weighted by atomic mass is 10.4. The highest BCUT2D eigenvalue weighted by Gasteiger charge is 2.21. The third-order valence-corrected chi connectivity index (χ3v) is 2.79. The maximum absolute atomic E-state index is 5.95. The molecule has 6 nitrogen and oxygen atoms in total. The van der Waals surface area contributed by atoms with Crippen LogP contribution in [0.4, 0.5) is 5.82 Å². The first-order valence-corrected chi connectivity index (χ1v) is 5.43. The molecule has 0 saturated carbocycles. The zero-order valence-corrected chi connectivity index (χ0v) is 9.18. The molecule has 1 aliphatic heterocycles. The van der Waals surface area contributed by atoms with Gasteiger partial charge in [0.25, 0.3) is 0 Å². The van der Waals surface area contributed by atoms with E-state index in [0.717, 1.165) is 23.5 Å². The van der Waals surface area contributed by atoms with Gasteiger partial charge in [0.1, 0.15) is 17.4 Å². The summed E-state index contributed by atoms with van der Waals surface area (Å²) in [7, 11) is 0. The monoisotopic (exact) mass is 239 g/mol. The molecule has 3 heterocycles. The lowest BCUT2D eigenvalue weighted by molar-refractivity contribution is 0.0932. The number of aromatic nitrogens is 4. The Bertz CT molecular complexity index is 501. The average molecular weight is 240 g/mol. The molecule has 0 bridgehead atoms. The maximum atomic E-state index is 5.95. The number of alkyl halides is 1. The number of hydrogen-bond donors (Lipinski definition) is 1. The van der Waals surface area contributed by atoms with Crippen molar-refractivity contribution < 1.29 is 4.74 Å². The normalized spacial score (nSPS) is 21.6. The molecule has 1 fully saturated rings. The Balaban J connectivity index is 2.01. The second-order valence-corrected chi connectivity index (χ2v) is 4.01. The van der Waals surface area contributed by atoms with E-state index in [1.807, 2.05) is 0 Å². The van der Waals surface area contributed by atoms with Crippen molar-refractivity contribution in [3.63, 3.8) is 0 Å². The van der Waals surface area contributed by atoms with E-state index in [1.165, 1.54) is 6.33 Å². The largest absolute Gasteiger partial charge is 0.359 e. The SMILES string of the molecule is ClC1CN(c2ncnc3[nH]cnc23)CCO1. The zero-order valence-electron chi connectivity index (χ0n) is 8.43. The van der Waals surface area contributed by atoms with Gasteiger partial charge in [-0.3, -0.25) is 0 Å². The highest BCUT2D eigenvalue weighted by Crippen LogP contribution is 2.22. The minimum atomic E-state index is -0.294. The van der Waals surface area contributed by atoms with Crippen molar-refractivity contribution in [1.82, 2.24) is 19.9 Å². The van der Waals surface area contributed by atoms with E-state index in [4.69, 9.17) is 16.3 Å². The van der Waals surface area contributed by atoms with Crippen LogP contribution in [0.25, 0.3) is 11.2 Å². The maximum Gasteiger partial charge on any atom is 0.162 e. The van der Waals surface area contributed by atoms with Crippen molar-refractivity contribution in [2.45, 2.75) is 5.56 Å². The summed E-state index contributed by atoms with van der Waals surface area (Å²) in [6.07, 6.45) is 3.13. The molecule has 1 N–H and O–H groups in total. The van der Waals surface area contributed by atoms with E-state index in [2.05, 4.69) is 24.8 Å². The first-order valence-electron chi connectivity index (χ1n) is 4.99. The number of fused-ring (bicyclic) bond motifs is 1. The Morgan fingerprint density at radius 1 is 1.44 bits per heavy atom. The number of nitrogens with zero attached hydrogens (tertiary/aromatic N) is 4. The van der Waals surface area contributed by atoms with Gasteiger partial charge in [0.2, 0.25) is 0 Å². The Morgan fingerprint density at radius 2 is 2.38 bits per heavy atom. The van der Waals surface area contributed by atoms with Crippen molar-refractivity contribution in [3.05, 3.63) is 12.7 Å². The molecular formula is C9H10ClN5O. The van der Waals surface area contributed by atoms with E-state index in [9.17, 15) is 0 Å². The van der Waals surface area contributed by atoms with Gasteiger partial charge in [-0.15, -0.1) is 0 Å². The Hall–Kier alpha value is -1.40. The van der Waals surface area contributed by atoms with E-state index >= 15 is 0 Å². The van der Waals surface area contributed by atoms with E-state index in [-0.39, 0.29) is 5.56 Å². The number of ether oxygens (including phenoxy) is 1. The highest BCUT2D eigenvalue weighted by atomic mass is 35.5. The van der Waals surface area contributed by atoms with Gasteiger partial charge in [0.05, 0.1) is 19.5 Å². The second kappa shape index (κ2) is 3.88. The first-order chi connectivity index (χ1) is 7.84. The third kappa shape index (κ3) is 1.60. The van der Waals surface area contributed by atoms with E-state index in [1.54, 1.807) is 6.33 Å². The summed E-state index contributed by atoms with van der Waals surface area (Å²) < 4.78 is 5.28. The van der Waals surface area contributed by atoms with Crippen molar-refractivity contribution in [2.75, 3.05) is 24.6 Å². The predicted octanol–water partition coefficient (Wildman–Crippen LogP) is 0.754. The van der Waals surface area contributed by atoms with Crippen molar-refractivity contribution >= 4 is 28.6 Å². The fourth-order valence-electron chi connectivity index (χ4n) is 1.78. The molecule has 16 heavy (non-hydrogen) atoms. The molecule has 0 aliphatic carbocycles. The van der Waals surface area contributed by atoms with Gasteiger partial charge in [-0.2, -0.15) is 0 Å².